The third-order valence-corrected chi connectivity index (χ3v) is 18.1. The van der Waals surface area contributed by atoms with Gasteiger partial charge in [-0.2, -0.15) is 10.5 Å². The fourth-order valence-corrected chi connectivity index (χ4v) is 14.2. The van der Waals surface area contributed by atoms with E-state index in [0.29, 0.717) is 71.3 Å². The number of fused-ring (bicyclic) bond motifs is 18. The number of carbonyl (C=O) groups excluding carboxylic acids is 1. The summed E-state index contributed by atoms with van der Waals surface area (Å²) in [5.41, 5.74) is 18.7. The first-order valence-electron chi connectivity index (χ1n) is 25.5. The second-order valence-electron chi connectivity index (χ2n) is 21.9. The van der Waals surface area contributed by atoms with Crippen LogP contribution >= 0.6 is 0 Å². The standard InChI is InChI=1S/C30H36N4O5.C26H30N4O4.2Ac/c1-13(2)30(37)32-11-22-24-18(26(35)16(5)28-29(24)39-12-38-28)9-20-25-23-17(7-14(3)15(4)27(23)36)8-19(33(25)6)21(10-31)34(20)22;1-11-5-14-6-16-18(8-27)30-17(22(29(16)4)20(14)24(32)12(11)2)7-15-21(19(30)9-28)26-25(33-10-34-26)13(3)23(15)31;;/h7,13,19-22,25,35-36H,8-9,11-12H2,1-6H3,(H,32,37);5,16-19,22,31-32H,6-7,9-10,28H2,1-4H3;;/t19-,20?,21-,22-,25-;16-,17?,18-,19-,22-;;/m00../s1. The van der Waals surface area contributed by atoms with Gasteiger partial charge < -0.3 is 50.4 Å². The van der Waals surface area contributed by atoms with E-state index in [1.807, 2.05) is 69.5 Å². The van der Waals surface area contributed by atoms with E-state index in [1.165, 1.54) is 0 Å². The van der Waals surface area contributed by atoms with E-state index in [1.54, 1.807) is 0 Å². The molecule has 1 amide bonds. The van der Waals surface area contributed by atoms with Gasteiger partial charge in [0.15, 0.2) is 23.0 Å². The Morgan fingerprint density at radius 2 is 1.03 bits per heavy atom. The zero-order valence-electron chi connectivity index (χ0n) is 44.4. The van der Waals surface area contributed by atoms with Gasteiger partial charge in [0.05, 0.1) is 36.3 Å². The number of phenolic OH excluding ortho intramolecular Hbond substituents is 4. The first-order chi connectivity index (χ1) is 34.9. The number of phenols is 4. The van der Waals surface area contributed by atoms with E-state index < -0.39 is 18.1 Å². The Labute approximate surface area is 510 Å². The molecule has 2 fully saturated rings. The van der Waals surface area contributed by atoms with E-state index in [4.69, 9.17) is 24.7 Å². The maximum Gasteiger partial charge on any atom is 0.231 e. The molecule has 8 heterocycles. The maximum atomic E-state index is 12.7. The Hall–Kier alpha value is -3.59. The number of hydrogen-bond donors (Lipinski definition) is 6. The molecule has 4 aromatic carbocycles. The molecule has 17 nitrogen and oxygen atoms in total. The van der Waals surface area contributed by atoms with Crippen molar-refractivity contribution in [1.29, 1.82) is 10.5 Å². The number of nitrogens with two attached hydrogens (primary N) is 1. The number of nitrogens with zero attached hydrogens (tertiary/aromatic N) is 6. The van der Waals surface area contributed by atoms with Crippen molar-refractivity contribution in [2.45, 2.75) is 141 Å². The molecule has 0 aliphatic carbocycles. The Morgan fingerprint density at radius 1 is 0.627 bits per heavy atom. The molecule has 7 N–H and O–H groups in total. The monoisotopic (exact) mass is 1450 g/mol. The fraction of sp³-hybridized carbons (Fsp3) is 0.518. The van der Waals surface area contributed by atoms with Crippen LogP contribution in [0.15, 0.2) is 12.1 Å². The Kier molecular flexibility index (Phi) is 15.6. The molecule has 8 aliphatic rings. The minimum Gasteiger partial charge on any atom is -0.507 e. The average molecular weight is 1450 g/mol. The van der Waals surface area contributed by atoms with Crippen molar-refractivity contribution in [1.82, 2.24) is 24.9 Å². The normalized spacial score (nSPS) is 27.3. The summed E-state index contributed by atoms with van der Waals surface area (Å²) in [6.07, 6.45) is 2.28. The van der Waals surface area contributed by atoms with E-state index in [0.717, 1.165) is 66.8 Å². The maximum absolute atomic E-state index is 12.7. The fourth-order valence-electron chi connectivity index (χ4n) is 14.2. The minimum atomic E-state index is -0.483. The Morgan fingerprint density at radius 3 is 1.43 bits per heavy atom. The number of rotatable bonds is 4. The largest absolute Gasteiger partial charge is 0.507 e. The van der Waals surface area contributed by atoms with Gasteiger partial charge in [-0.1, -0.05) is 26.0 Å². The van der Waals surface area contributed by atoms with Gasteiger partial charge in [0.1, 0.15) is 35.1 Å². The minimum absolute atomic E-state index is 0. The van der Waals surface area contributed by atoms with Crippen molar-refractivity contribution >= 4 is 5.91 Å². The molecule has 2 unspecified atom stereocenters. The summed E-state index contributed by atoms with van der Waals surface area (Å²) in [6, 6.07) is 7.00. The SMILES string of the molecule is Cc1cc2c(c(O)c1C)[C@@H]1C3Cc4c(O)c(C)c5c(c4[C@H](CN)N3[C@@H](C#N)[C@H](C2)N1C)OCO5.Cc1cc2c(c(O)c1C)[C@@H]1C3Cc4c(O)c(C)c5c(c4[C@H](CNC(=O)C(C)C)N3[C@@H](C#N)[C@H](C2)N1C)OCO5.[Ac].[Ac]. The average Bonchev–Trinajstić information content (AvgIpc) is 4.11. The molecular weight excluding hydrogens is 1380 g/mol. The van der Waals surface area contributed by atoms with Gasteiger partial charge in [0, 0.05) is 176 Å². The van der Waals surface area contributed by atoms with Crippen molar-refractivity contribution < 1.29 is 132 Å². The predicted molar refractivity (Wildman–Crippen MR) is 269 cm³/mol. The second-order valence-corrected chi connectivity index (χ2v) is 21.9. The number of aromatic hydroxyl groups is 4. The number of piperazine rings is 2. The van der Waals surface area contributed by atoms with E-state index >= 15 is 0 Å². The predicted octanol–water partition coefficient (Wildman–Crippen LogP) is 5.78. The molecule has 2 radical (unpaired) electrons. The van der Waals surface area contributed by atoms with E-state index in [2.05, 4.69) is 49.2 Å². The summed E-state index contributed by atoms with van der Waals surface area (Å²) in [4.78, 5) is 21.7. The Balaban J connectivity index is 0.000000180. The van der Waals surface area contributed by atoms with Crippen LogP contribution in [-0.4, -0.2) is 123 Å². The smallest absolute Gasteiger partial charge is 0.231 e. The third kappa shape index (κ3) is 8.29. The molecule has 19 heteroatoms. The number of hydrogen-bond acceptors (Lipinski definition) is 16. The molecule has 390 valence electrons. The van der Waals surface area contributed by atoms with Crippen molar-refractivity contribution in [2.24, 2.45) is 11.7 Å². The quantitative estimate of drug-likeness (QED) is 0.142. The van der Waals surface area contributed by atoms with Crippen LogP contribution in [0.3, 0.4) is 0 Å². The first kappa shape index (κ1) is 56.1. The molecule has 2 saturated heterocycles. The molecule has 4 bridgehead atoms. The Bertz CT molecular complexity index is 3120. The second kappa shape index (κ2) is 20.9. The van der Waals surface area contributed by atoms with Crippen LogP contribution in [0.1, 0.15) is 116 Å². The number of benzene rings is 4. The van der Waals surface area contributed by atoms with E-state index in [9.17, 15) is 35.7 Å². The topological polar surface area (TPSA) is 233 Å². The van der Waals surface area contributed by atoms with Crippen LogP contribution in [-0.2, 0) is 30.5 Å². The molecule has 0 saturated carbocycles. The van der Waals surface area contributed by atoms with Crippen LogP contribution in [0, 0.1) is 158 Å². The molecule has 10 atom stereocenters. The molecule has 75 heavy (non-hydrogen) atoms. The summed E-state index contributed by atoms with van der Waals surface area (Å²) in [7, 11) is 4.08. The third-order valence-electron chi connectivity index (χ3n) is 18.1. The van der Waals surface area contributed by atoms with Gasteiger partial charge in [-0.25, -0.2) is 0 Å². The molecule has 8 aliphatic heterocycles. The van der Waals surface area contributed by atoms with Crippen molar-refractivity contribution in [3.8, 4) is 58.1 Å². The molecule has 0 spiro atoms. The van der Waals surface area contributed by atoms with Gasteiger partial charge >= 0.3 is 0 Å². The molecule has 12 rings (SSSR count). The zero-order valence-corrected chi connectivity index (χ0v) is 53.9. The van der Waals surface area contributed by atoms with Gasteiger partial charge in [-0.3, -0.25) is 24.4 Å². The van der Waals surface area contributed by atoms with Crippen LogP contribution in [0.25, 0.3) is 0 Å². The van der Waals surface area contributed by atoms with Crippen LogP contribution in [0.5, 0.6) is 46.0 Å². The van der Waals surface area contributed by atoms with Crippen LogP contribution in [0.2, 0.25) is 0 Å². The number of amides is 1. The summed E-state index contributed by atoms with van der Waals surface area (Å²) in [5, 5.41) is 69.5. The molecular formula is C56H66Ac2N8O9. The van der Waals surface area contributed by atoms with Gasteiger partial charge in [0.25, 0.3) is 0 Å². The summed E-state index contributed by atoms with van der Waals surface area (Å²) >= 11 is 0. The summed E-state index contributed by atoms with van der Waals surface area (Å²) < 4.78 is 23.3. The number of aryl methyl sites for hydroxylation is 2. The number of nitriles is 2. The van der Waals surface area contributed by atoms with Crippen LogP contribution < -0.4 is 30.0 Å². The van der Waals surface area contributed by atoms with Crippen LogP contribution in [0.4, 0.5) is 0 Å². The van der Waals surface area contributed by atoms with Gasteiger partial charge in [-0.05, 0) is 115 Å². The van der Waals surface area contributed by atoms with Crippen molar-refractivity contribution in [3.05, 3.63) is 90.0 Å². The van der Waals surface area contributed by atoms with Gasteiger partial charge in [0.2, 0.25) is 19.5 Å². The summed E-state index contributed by atoms with van der Waals surface area (Å²) in [6.45, 7) is 15.9. The molecule has 0 aromatic heterocycles. The zero-order chi connectivity index (χ0) is 52.0. The van der Waals surface area contributed by atoms with E-state index in [-0.39, 0.29) is 180 Å². The van der Waals surface area contributed by atoms with Gasteiger partial charge in [-0.15, -0.1) is 0 Å². The first-order valence-corrected chi connectivity index (χ1v) is 25.5. The number of likely N-dealkylation sites (N-methyl/N-ethyl adjacent to an activating group) is 2. The van der Waals surface area contributed by atoms with Crippen molar-refractivity contribution in [3.63, 3.8) is 0 Å². The van der Waals surface area contributed by atoms with Crippen molar-refractivity contribution in [2.75, 3.05) is 40.8 Å². The molecule has 4 aromatic rings. The number of nitrogens with one attached hydrogen (secondary N) is 1. The number of ether oxygens (including phenoxy) is 4. The number of carbonyl (C=O) groups is 1. The summed E-state index contributed by atoms with van der Waals surface area (Å²) in [5.74, 6) is 3.01.